The van der Waals surface area contributed by atoms with Crippen LogP contribution in [0, 0.1) is 10.1 Å². The number of nitrogens with zero attached hydrogens (tertiary/aromatic N) is 1. The maximum Gasteiger partial charge on any atom is 0.270 e. The summed E-state index contributed by atoms with van der Waals surface area (Å²) in [6.45, 7) is 0. The Morgan fingerprint density at radius 3 is 2.75 bits per heavy atom. The minimum Gasteiger partial charge on any atom is -0.321 e. The number of nitrogens with one attached hydrogen (secondary N) is 1. The fraction of sp³-hybridized carbons (Fsp3) is 0. The maximum absolute atomic E-state index is 11.9. The van der Waals surface area contributed by atoms with Crippen molar-refractivity contribution < 1.29 is 9.72 Å². The molecule has 0 spiro atoms. The predicted octanol–water partition coefficient (Wildman–Crippen LogP) is 3.80. The van der Waals surface area contributed by atoms with Crippen molar-refractivity contribution in [3.63, 3.8) is 0 Å². The number of nitro benzene ring substituents is 1. The summed E-state index contributed by atoms with van der Waals surface area (Å²) in [5, 5.41) is 13.5. The first-order chi connectivity index (χ1) is 9.54. The normalized spacial score (nSPS) is 15.2. The van der Waals surface area contributed by atoms with Gasteiger partial charge in [0.1, 0.15) is 0 Å². The number of fused-ring (bicyclic) bond motifs is 1. The van der Waals surface area contributed by atoms with Gasteiger partial charge in [0, 0.05) is 28.3 Å². The number of carbonyl (C=O) groups is 1. The van der Waals surface area contributed by atoms with Crippen LogP contribution < -0.4 is 5.32 Å². The van der Waals surface area contributed by atoms with E-state index in [0.717, 1.165) is 4.88 Å². The summed E-state index contributed by atoms with van der Waals surface area (Å²) in [6, 6.07) is 7.83. The molecule has 0 unspecified atom stereocenters. The number of amides is 1. The summed E-state index contributed by atoms with van der Waals surface area (Å²) in [4.78, 5) is 23.1. The first-order valence-corrected chi connectivity index (χ1v) is 6.81. The van der Waals surface area contributed by atoms with E-state index in [2.05, 4.69) is 5.32 Å². The lowest BCUT2D eigenvalue weighted by Crippen LogP contribution is -2.03. The molecule has 5 nitrogen and oxygen atoms in total. The van der Waals surface area contributed by atoms with Crippen LogP contribution in [0.3, 0.4) is 0 Å². The first kappa shape index (κ1) is 12.8. The number of anilines is 1. The quantitative estimate of drug-likeness (QED) is 0.521. The molecule has 0 aliphatic carbocycles. The van der Waals surface area contributed by atoms with Crippen molar-refractivity contribution in [3.05, 3.63) is 55.2 Å². The third kappa shape index (κ3) is 2.19. The summed E-state index contributed by atoms with van der Waals surface area (Å²) in [7, 11) is 0. The molecule has 2 heterocycles. The Balaban J connectivity index is 2.10. The Morgan fingerprint density at radius 2 is 2.10 bits per heavy atom. The van der Waals surface area contributed by atoms with Crippen LogP contribution >= 0.6 is 22.9 Å². The standard InChI is InChI=1S/C13H7ClN2O3S/c14-12-4-2-8(20-12)6-10-9-5-7(16(18)19)1-3-11(9)15-13(10)17/h1-6H,(H,15,17)/b10-6-. The Kier molecular flexibility index (Phi) is 3.04. The van der Waals surface area contributed by atoms with E-state index < -0.39 is 4.92 Å². The van der Waals surface area contributed by atoms with Crippen molar-refractivity contribution in [2.45, 2.75) is 0 Å². The second-order valence-corrected chi connectivity index (χ2v) is 5.89. The highest BCUT2D eigenvalue weighted by molar-refractivity contribution is 7.17. The highest BCUT2D eigenvalue weighted by Crippen LogP contribution is 2.36. The Bertz CT molecular complexity index is 767. The van der Waals surface area contributed by atoms with E-state index in [-0.39, 0.29) is 11.6 Å². The van der Waals surface area contributed by atoms with Gasteiger partial charge < -0.3 is 5.32 Å². The lowest BCUT2D eigenvalue weighted by molar-refractivity contribution is -0.384. The SMILES string of the molecule is O=C1Nc2ccc([N+](=O)[O-])cc2/C1=C/c1ccc(Cl)s1. The fourth-order valence-electron chi connectivity index (χ4n) is 1.98. The largest absolute Gasteiger partial charge is 0.321 e. The van der Waals surface area contributed by atoms with Crippen molar-refractivity contribution in [2.75, 3.05) is 5.32 Å². The van der Waals surface area contributed by atoms with Gasteiger partial charge >= 0.3 is 0 Å². The number of hydrogen-bond acceptors (Lipinski definition) is 4. The van der Waals surface area contributed by atoms with Gasteiger partial charge in [0.15, 0.2) is 0 Å². The summed E-state index contributed by atoms with van der Waals surface area (Å²) < 4.78 is 0.620. The van der Waals surface area contributed by atoms with Crippen LogP contribution in [0.15, 0.2) is 30.3 Å². The molecule has 0 saturated heterocycles. The van der Waals surface area contributed by atoms with Crippen LogP contribution in [-0.2, 0) is 4.79 Å². The molecule has 0 bridgehead atoms. The molecule has 1 aliphatic rings. The lowest BCUT2D eigenvalue weighted by Gasteiger charge is -1.98. The van der Waals surface area contributed by atoms with Crippen LogP contribution in [0.4, 0.5) is 11.4 Å². The molecule has 0 radical (unpaired) electrons. The van der Waals surface area contributed by atoms with Crippen molar-refractivity contribution in [1.29, 1.82) is 0 Å². The molecule has 20 heavy (non-hydrogen) atoms. The van der Waals surface area contributed by atoms with E-state index >= 15 is 0 Å². The number of thiophene rings is 1. The van der Waals surface area contributed by atoms with Gasteiger partial charge in [-0.1, -0.05) is 11.6 Å². The topological polar surface area (TPSA) is 72.2 Å². The van der Waals surface area contributed by atoms with Gasteiger partial charge in [0.2, 0.25) is 0 Å². The number of carbonyl (C=O) groups excluding carboxylic acids is 1. The highest BCUT2D eigenvalue weighted by Gasteiger charge is 2.26. The zero-order valence-corrected chi connectivity index (χ0v) is 11.5. The number of halogens is 1. The van der Waals surface area contributed by atoms with Crippen LogP contribution in [0.1, 0.15) is 10.4 Å². The van der Waals surface area contributed by atoms with Crippen molar-refractivity contribution in [2.24, 2.45) is 0 Å². The third-order valence-corrected chi connectivity index (χ3v) is 4.06. The summed E-state index contributed by atoms with van der Waals surface area (Å²) >= 11 is 7.19. The molecular formula is C13H7ClN2O3S. The van der Waals surface area contributed by atoms with E-state index in [0.29, 0.717) is 21.2 Å². The van der Waals surface area contributed by atoms with Crippen LogP contribution in [-0.4, -0.2) is 10.8 Å². The van der Waals surface area contributed by atoms with Gasteiger partial charge in [0.05, 0.1) is 14.8 Å². The van der Waals surface area contributed by atoms with Crippen molar-refractivity contribution in [1.82, 2.24) is 0 Å². The number of non-ortho nitro benzene ring substituents is 1. The molecular weight excluding hydrogens is 300 g/mol. The van der Waals surface area contributed by atoms with Crippen molar-refractivity contribution >= 4 is 51.9 Å². The maximum atomic E-state index is 11.9. The Labute approximate surface area is 122 Å². The summed E-state index contributed by atoms with van der Waals surface area (Å²) in [5.41, 5.74) is 1.47. The van der Waals surface area contributed by atoms with Gasteiger partial charge in [0.25, 0.3) is 11.6 Å². The lowest BCUT2D eigenvalue weighted by atomic mass is 10.1. The third-order valence-electron chi connectivity index (χ3n) is 2.88. The first-order valence-electron chi connectivity index (χ1n) is 5.62. The number of hydrogen-bond donors (Lipinski definition) is 1. The van der Waals surface area contributed by atoms with Gasteiger partial charge in [-0.3, -0.25) is 14.9 Å². The van der Waals surface area contributed by atoms with E-state index in [1.54, 1.807) is 18.2 Å². The predicted molar refractivity (Wildman–Crippen MR) is 78.9 cm³/mol. The van der Waals surface area contributed by atoms with Crippen LogP contribution in [0.2, 0.25) is 4.34 Å². The molecule has 0 atom stereocenters. The van der Waals surface area contributed by atoms with E-state index in [4.69, 9.17) is 11.6 Å². The molecule has 1 aromatic heterocycles. The Morgan fingerprint density at radius 1 is 1.30 bits per heavy atom. The molecule has 1 aromatic carbocycles. The van der Waals surface area contributed by atoms with Gasteiger partial charge in [-0.2, -0.15) is 0 Å². The molecule has 2 aromatic rings. The zero-order valence-electron chi connectivity index (χ0n) is 9.92. The van der Waals surface area contributed by atoms with Gasteiger partial charge in [-0.25, -0.2) is 0 Å². The monoisotopic (exact) mass is 306 g/mol. The van der Waals surface area contributed by atoms with Gasteiger partial charge in [-0.15, -0.1) is 11.3 Å². The minimum atomic E-state index is -0.483. The minimum absolute atomic E-state index is 0.0460. The van der Waals surface area contributed by atoms with E-state index in [9.17, 15) is 14.9 Å². The average molecular weight is 307 g/mol. The second-order valence-electron chi connectivity index (χ2n) is 4.14. The second kappa shape index (κ2) is 4.73. The van der Waals surface area contributed by atoms with Crippen LogP contribution in [0.25, 0.3) is 11.6 Å². The highest BCUT2D eigenvalue weighted by atomic mass is 35.5. The molecule has 1 aliphatic heterocycles. The van der Waals surface area contributed by atoms with E-state index in [1.165, 1.54) is 29.5 Å². The van der Waals surface area contributed by atoms with E-state index in [1.807, 2.05) is 0 Å². The fourth-order valence-corrected chi connectivity index (χ4v) is 2.99. The number of benzene rings is 1. The average Bonchev–Trinajstić information content (AvgIpc) is 2.94. The molecule has 7 heteroatoms. The molecule has 1 N–H and O–H groups in total. The zero-order chi connectivity index (χ0) is 14.3. The smallest absolute Gasteiger partial charge is 0.270 e. The Hall–Kier alpha value is -2.18. The number of nitro groups is 1. The molecule has 3 rings (SSSR count). The summed E-state index contributed by atoms with van der Waals surface area (Å²) in [5.74, 6) is -0.273. The number of rotatable bonds is 2. The summed E-state index contributed by atoms with van der Waals surface area (Å²) in [6.07, 6.45) is 1.68. The molecule has 0 saturated carbocycles. The van der Waals surface area contributed by atoms with Crippen molar-refractivity contribution in [3.8, 4) is 0 Å². The van der Waals surface area contributed by atoms with Gasteiger partial charge in [-0.05, 0) is 24.3 Å². The molecule has 1 amide bonds. The molecule has 100 valence electrons. The molecule has 0 fully saturated rings. The van der Waals surface area contributed by atoms with Crippen LogP contribution in [0.5, 0.6) is 0 Å².